The van der Waals surface area contributed by atoms with Gasteiger partial charge in [0.1, 0.15) is 0 Å². The van der Waals surface area contributed by atoms with Crippen molar-refractivity contribution in [3.05, 3.63) is 48.8 Å². The van der Waals surface area contributed by atoms with Gasteiger partial charge in [0.05, 0.1) is 18.5 Å². The molecule has 3 fully saturated rings. The molecule has 26 nitrogen and oxygen atoms in total. The zero-order chi connectivity index (χ0) is 96.5. The molecule has 2 atom stereocenters. The Morgan fingerprint density at radius 2 is 0.952 bits per heavy atom. The smallest absolute Gasteiger partial charge is 0.222 e. The Morgan fingerprint density at radius 3 is 1.29 bits per heavy atom. The maximum Gasteiger partial charge on any atom is 0.222 e. The van der Waals surface area contributed by atoms with Crippen LogP contribution in [0.2, 0.25) is 0 Å². The van der Waals surface area contributed by atoms with E-state index in [2.05, 4.69) is 126 Å². The molecule has 0 radical (unpaired) electrons. The number of aliphatic hydroxyl groups is 1. The number of ether oxygens (including phenoxy) is 3. The van der Waals surface area contributed by atoms with Gasteiger partial charge >= 0.3 is 0 Å². The fraction of sp³-hybridized carbons (Fsp3) is 0.909. The van der Waals surface area contributed by atoms with Crippen LogP contribution >= 0.6 is 0 Å². The lowest BCUT2D eigenvalue weighted by atomic mass is 9.97. The van der Waals surface area contributed by atoms with E-state index in [9.17, 15) is 4.79 Å². The molecular formula is C99H229N21O5. The van der Waals surface area contributed by atoms with Crippen molar-refractivity contribution >= 4 is 5.91 Å². The number of carbonyl (C=O) groups is 1. The molecule has 1 aliphatic carbocycles. The number of pyridine rings is 1. The molecule has 760 valence electrons. The maximum atomic E-state index is 11.0. The van der Waals surface area contributed by atoms with Crippen molar-refractivity contribution in [2.75, 3.05) is 206 Å². The van der Waals surface area contributed by atoms with Crippen molar-refractivity contribution in [1.82, 2.24) is 44.8 Å². The summed E-state index contributed by atoms with van der Waals surface area (Å²) >= 11 is 0. The van der Waals surface area contributed by atoms with E-state index in [0.717, 1.165) is 181 Å². The number of nitrogens with one attached hydrogen (secondary N) is 2. The minimum absolute atomic E-state index is 0.299. The number of likely N-dealkylation sites (tertiary alicyclic amines) is 1. The third kappa shape index (κ3) is 162. The molecule has 125 heavy (non-hydrogen) atoms. The van der Waals surface area contributed by atoms with Crippen LogP contribution in [0.3, 0.4) is 0 Å². The molecule has 4 heterocycles. The van der Waals surface area contributed by atoms with Gasteiger partial charge in [-0.1, -0.05) is 217 Å². The van der Waals surface area contributed by atoms with Crippen LogP contribution in [0.4, 0.5) is 0 Å². The highest BCUT2D eigenvalue weighted by Gasteiger charge is 2.18. The second-order valence-electron chi connectivity index (χ2n) is 32.3. The highest BCUT2D eigenvalue weighted by atomic mass is 16.5. The Bertz CT molecular complexity index is 1870. The second-order valence-corrected chi connectivity index (χ2v) is 32.3. The molecule has 0 bridgehead atoms. The van der Waals surface area contributed by atoms with Crippen LogP contribution in [0.1, 0.15) is 358 Å². The minimum atomic E-state index is -0.338. The first kappa shape index (κ1) is 145. The number of hydrogen-bond acceptors (Lipinski definition) is 24. The van der Waals surface area contributed by atoms with Crippen LogP contribution < -0.4 is 79.4 Å². The van der Waals surface area contributed by atoms with Gasteiger partial charge in [0, 0.05) is 109 Å². The molecule has 2 saturated heterocycles. The van der Waals surface area contributed by atoms with Crippen molar-refractivity contribution in [2.45, 2.75) is 384 Å². The third-order valence-electron chi connectivity index (χ3n) is 18.9. The van der Waals surface area contributed by atoms with E-state index < -0.39 is 0 Å². The lowest BCUT2D eigenvalue weighted by Gasteiger charge is -2.21. The summed E-state index contributed by atoms with van der Waals surface area (Å²) in [5.41, 5.74) is 64.2. The first-order valence-electron chi connectivity index (χ1n) is 50.9. The molecule has 3 aliphatic rings. The van der Waals surface area contributed by atoms with Crippen molar-refractivity contribution in [2.24, 2.45) is 68.8 Å². The SMILES string of the molecule is CC(O)CN.CCCCCCC.CCCCCCCCNC.CCCCCN.CCCCCN(C)CCCCC.CCCCN(CCCC)CCCN.CCCCNC.CCCN.CCOCCCN.CN(C)CCCN.COCCCN.NC1CCCCC1.NCC1CCCO1.NCCCN1CCCC1=O.NCCCn1ccnc1.NCCc1ccccn1. The number of nitrogens with two attached hydrogens (primary N) is 12. The van der Waals surface area contributed by atoms with E-state index in [1.165, 1.54) is 245 Å². The number of hydrogen-bond donors (Lipinski definition) is 15. The average molecular weight is 1790 g/mol. The summed E-state index contributed by atoms with van der Waals surface area (Å²) in [4.78, 5) is 28.0. The minimum Gasteiger partial charge on any atom is -0.392 e. The second kappa shape index (κ2) is 144. The molecule has 2 aliphatic heterocycles. The fourth-order valence-electron chi connectivity index (χ4n) is 10.8. The van der Waals surface area contributed by atoms with Crippen LogP contribution in [-0.2, 0) is 32.0 Å². The molecule has 26 heteroatoms. The molecule has 0 aromatic carbocycles. The molecule has 27 N–H and O–H groups in total. The number of amides is 1. The number of aromatic nitrogens is 3. The first-order chi connectivity index (χ1) is 60.6. The molecule has 5 rings (SSSR count). The number of imidazole rings is 1. The van der Waals surface area contributed by atoms with Gasteiger partial charge in [0.2, 0.25) is 5.91 Å². The number of unbranched alkanes of at least 4 members (excludes halogenated alkanes) is 18. The zero-order valence-electron chi connectivity index (χ0n) is 86.7. The van der Waals surface area contributed by atoms with Crippen molar-refractivity contribution < 1.29 is 24.1 Å². The Labute approximate surface area is 778 Å². The van der Waals surface area contributed by atoms with Crippen LogP contribution in [0.25, 0.3) is 0 Å². The monoisotopic (exact) mass is 1790 g/mol. The van der Waals surface area contributed by atoms with Gasteiger partial charge in [-0.25, -0.2) is 4.98 Å². The number of rotatable bonds is 55. The quantitative estimate of drug-likeness (QED) is 0.0274. The van der Waals surface area contributed by atoms with Crippen molar-refractivity contribution in [3.63, 3.8) is 0 Å². The number of nitrogens with zero attached hydrogens (tertiary/aromatic N) is 7. The van der Waals surface area contributed by atoms with Gasteiger partial charge in [-0.3, -0.25) is 9.78 Å². The van der Waals surface area contributed by atoms with E-state index in [-0.39, 0.29) is 6.10 Å². The van der Waals surface area contributed by atoms with E-state index >= 15 is 0 Å². The van der Waals surface area contributed by atoms with Gasteiger partial charge in [0.15, 0.2) is 0 Å². The van der Waals surface area contributed by atoms with E-state index in [1.54, 1.807) is 32.8 Å². The summed E-state index contributed by atoms with van der Waals surface area (Å²) in [6.45, 7) is 49.6. The summed E-state index contributed by atoms with van der Waals surface area (Å²) < 4.78 is 16.9. The topological polar surface area (TPSA) is 445 Å². The number of aliphatic hydroxyl groups excluding tert-OH is 1. The number of methoxy groups -OCH3 is 1. The fourth-order valence-corrected chi connectivity index (χ4v) is 10.8. The van der Waals surface area contributed by atoms with Crippen LogP contribution in [0.5, 0.6) is 0 Å². The molecule has 0 spiro atoms. The number of carbonyl (C=O) groups excluding carboxylic acids is 1. The Balaban J connectivity index is -0.000000124. The van der Waals surface area contributed by atoms with Gasteiger partial charge < -0.3 is 123 Å². The normalized spacial score (nSPS) is 12.8. The molecule has 1 saturated carbocycles. The number of aryl methyl sites for hydroxylation is 1. The zero-order valence-corrected chi connectivity index (χ0v) is 86.7. The van der Waals surface area contributed by atoms with Crippen molar-refractivity contribution in [3.8, 4) is 0 Å². The third-order valence-corrected chi connectivity index (χ3v) is 18.9. The summed E-state index contributed by atoms with van der Waals surface area (Å²) in [5.74, 6) is 0.299. The highest BCUT2D eigenvalue weighted by Crippen LogP contribution is 2.15. The summed E-state index contributed by atoms with van der Waals surface area (Å²) in [5, 5.41) is 14.5. The van der Waals surface area contributed by atoms with Gasteiger partial charge in [-0.05, 0) is 294 Å². The summed E-state index contributed by atoms with van der Waals surface area (Å²) in [6.07, 6.45) is 61.4. The van der Waals surface area contributed by atoms with Crippen LogP contribution in [0.15, 0.2) is 43.1 Å². The molecule has 1 amide bonds. The predicted octanol–water partition coefficient (Wildman–Crippen LogP) is 15.3. The predicted molar refractivity (Wildman–Crippen MR) is 555 cm³/mol. The van der Waals surface area contributed by atoms with E-state index in [1.807, 2.05) is 54.9 Å². The van der Waals surface area contributed by atoms with Gasteiger partial charge in [-0.15, -0.1) is 0 Å². The molecule has 2 aromatic rings. The van der Waals surface area contributed by atoms with Crippen LogP contribution in [0, 0.1) is 0 Å². The molecule has 2 unspecified atom stereocenters. The maximum absolute atomic E-state index is 11.0. The lowest BCUT2D eigenvalue weighted by molar-refractivity contribution is -0.127. The molecular weight excluding hydrogens is 1560 g/mol. The van der Waals surface area contributed by atoms with Crippen molar-refractivity contribution in [1.29, 1.82) is 0 Å². The summed E-state index contributed by atoms with van der Waals surface area (Å²) in [6, 6.07) is 6.39. The Hall–Kier alpha value is -3.01. The van der Waals surface area contributed by atoms with Gasteiger partial charge in [0.25, 0.3) is 0 Å². The average Bonchev–Trinajstić information content (AvgIpc) is 1.61. The summed E-state index contributed by atoms with van der Waals surface area (Å²) in [7, 11) is 12.0. The Morgan fingerprint density at radius 1 is 0.496 bits per heavy atom. The van der Waals surface area contributed by atoms with E-state index in [0.29, 0.717) is 44.2 Å². The van der Waals surface area contributed by atoms with Crippen LogP contribution in [-0.4, -0.2) is 270 Å². The largest absolute Gasteiger partial charge is 0.392 e. The lowest BCUT2D eigenvalue weighted by Crippen LogP contribution is -2.28. The standard InChI is InChI=1S/C11H26N2.C11H25N.C9H21N.C7H14N2O.C7H10N2.C7H16.C6H11N3.C6H13N.C5H14N2.C5H11NO.C5H13NO.2C5H13N.C4H11NO.C3H9NO.C3H9N/c1-3-5-9-13(10-6-4-2)11-7-8-12;1-4-6-8-10-12(3)11-9-7-5-2;1-3-4-5-6-7-8-9-10-2;8-4-2-6-9-5-1-3-7(9)10;8-5-4-7-3-1-2-6-9-7;1-3-5-7-6-4-2;7-2-1-4-9-5-3-8-6-9;7-6-4-2-1-3-5-6;1-7(2)5-3-4-6;6-4-5-2-1-3-7-5;1-2-7-5-3-4-6;1-3-4-5-6-2;1-2-3-4-5-6;1-6-4-2-3-5;1-3(5)2-4;1-2-3-4/h3-12H2,1-2H3;4-11H2,1-3H3;10H,3-9H2,1-2H3;1-6,8H2;1-3,6H,4-5,8H2;3-7H2,1-2H3;3,5-6H,1-2,4,7H2;6H,1-5,7H2;3-6H2,1-2H3;5H,1-4,6H2;2-6H2,1H3;6H,3-5H2,1-2H3;2-6H2,1H3;2-5H2,1H3;3,5H,2,4H2,1H3;2-4H2,1H3. The van der Waals surface area contributed by atoms with E-state index in [4.69, 9.17) is 88.1 Å². The Kier molecular flexibility index (Phi) is 167. The first-order valence-corrected chi connectivity index (χ1v) is 50.9. The highest BCUT2D eigenvalue weighted by molar-refractivity contribution is 5.78. The molecule has 2 aromatic heterocycles. The van der Waals surface area contributed by atoms with Gasteiger partial charge in [-0.2, -0.15) is 0 Å².